The van der Waals surface area contributed by atoms with Crippen LogP contribution in [0.4, 0.5) is 119 Å². The summed E-state index contributed by atoms with van der Waals surface area (Å²) in [6, 6.07) is 18.9. The van der Waals surface area contributed by atoms with Crippen LogP contribution in [0, 0.1) is 22.7 Å². The molecule has 12 rings (SSSR count). The maximum atomic E-state index is 14.9. The number of alkyl halides is 27. The van der Waals surface area contributed by atoms with Crippen LogP contribution in [-0.2, 0) is 30.9 Å². The SMILES string of the molecule is N#Cc1cc(-c2cc(-n3c4cc(-c5cc(C(F)(F)F)cc(C(F)(F)F)c5)ccc4c4ccc(-c5cc(C(F)(F)F)cc(C(F)(F)F)c5)cc43)c(-n3c4cc(=C5C=C(C(F)(F)F)C=C(C(F)(F)F)C5)ccc4c4ccc(=C5C=C(C(F)(F)F)C=C(C(F)(F)F)C5)cc43)cc2C#N)cc(C(F)(F)F)c1. The van der Waals surface area contributed by atoms with Gasteiger partial charge in [-0.1, -0.05) is 48.5 Å². The van der Waals surface area contributed by atoms with E-state index in [2.05, 4.69) is 0 Å². The lowest BCUT2D eigenvalue weighted by Gasteiger charge is -2.21. The zero-order valence-corrected chi connectivity index (χ0v) is 50.0. The van der Waals surface area contributed by atoms with Gasteiger partial charge in [-0.05, 0) is 165 Å². The molecule has 0 saturated heterocycles. The third-order valence-corrected chi connectivity index (χ3v) is 17.0. The van der Waals surface area contributed by atoms with Crippen LogP contribution in [0.3, 0.4) is 0 Å². The molecule has 2 aliphatic carbocycles. The number of halogens is 27. The molecule has 0 atom stereocenters. The summed E-state index contributed by atoms with van der Waals surface area (Å²) in [6.07, 6.45) is -51.6. The summed E-state index contributed by atoms with van der Waals surface area (Å²) in [6.45, 7) is 0. The number of nitrogens with zero attached hydrogens (tertiary/aromatic N) is 4. The van der Waals surface area contributed by atoms with Gasteiger partial charge in [-0.25, -0.2) is 0 Å². The molecular weight excluding hydrogens is 1420 g/mol. The third-order valence-electron chi connectivity index (χ3n) is 17.0. The summed E-state index contributed by atoms with van der Waals surface area (Å²) in [5, 5.41) is 19.6. The fourth-order valence-corrected chi connectivity index (χ4v) is 12.3. The predicted octanol–water partition coefficient (Wildman–Crippen LogP) is 22.8. The second-order valence-corrected chi connectivity index (χ2v) is 23.5. The molecule has 524 valence electrons. The number of hydrogen-bond donors (Lipinski definition) is 0. The van der Waals surface area contributed by atoms with E-state index in [0.717, 1.165) is 100 Å². The molecule has 0 radical (unpaired) electrons. The van der Waals surface area contributed by atoms with Crippen LogP contribution >= 0.6 is 0 Å². The third kappa shape index (κ3) is 13.4. The highest BCUT2D eigenvalue weighted by Crippen LogP contribution is 2.49. The van der Waals surface area contributed by atoms with Crippen LogP contribution in [0.25, 0.3) is 99.5 Å². The molecule has 102 heavy (non-hydrogen) atoms. The lowest BCUT2D eigenvalue weighted by atomic mass is 9.92. The largest absolute Gasteiger partial charge is 0.416 e. The molecule has 0 bridgehead atoms. The highest BCUT2D eigenvalue weighted by atomic mass is 19.4. The van der Waals surface area contributed by atoms with Gasteiger partial charge >= 0.3 is 55.6 Å². The highest BCUT2D eigenvalue weighted by molar-refractivity contribution is 6.13. The summed E-state index contributed by atoms with van der Waals surface area (Å²) in [5.41, 5.74) is -26.7. The van der Waals surface area contributed by atoms with E-state index in [1.165, 1.54) is 6.07 Å². The van der Waals surface area contributed by atoms with E-state index in [1.54, 1.807) is 6.07 Å². The minimum absolute atomic E-state index is 0.161. The Morgan fingerprint density at radius 3 is 0.951 bits per heavy atom. The van der Waals surface area contributed by atoms with Crippen molar-refractivity contribution in [1.29, 1.82) is 10.5 Å². The van der Waals surface area contributed by atoms with E-state index in [9.17, 15) is 129 Å². The van der Waals surface area contributed by atoms with Crippen LogP contribution in [0.5, 0.6) is 0 Å². The molecule has 2 aliphatic rings. The first kappa shape index (κ1) is 71.0. The smallest absolute Gasteiger partial charge is 0.307 e. The Morgan fingerprint density at radius 1 is 0.284 bits per heavy atom. The van der Waals surface area contributed by atoms with Crippen molar-refractivity contribution in [3.8, 4) is 56.9 Å². The number of aromatic nitrogens is 2. The molecule has 8 aromatic carbocycles. The molecule has 0 aliphatic heterocycles. The molecule has 2 heterocycles. The van der Waals surface area contributed by atoms with Crippen molar-refractivity contribution in [1.82, 2.24) is 9.13 Å². The Balaban J connectivity index is 1.32. The Labute approximate surface area is 552 Å². The molecule has 2 aromatic heterocycles. The van der Waals surface area contributed by atoms with Crippen LogP contribution in [0.1, 0.15) is 51.8 Å². The Hall–Kier alpha value is -10.9. The van der Waals surface area contributed by atoms with Crippen molar-refractivity contribution in [3.63, 3.8) is 0 Å². The van der Waals surface area contributed by atoms with Crippen molar-refractivity contribution >= 4 is 54.8 Å². The second-order valence-electron chi connectivity index (χ2n) is 23.5. The quantitative estimate of drug-likeness (QED) is 0.161. The van der Waals surface area contributed by atoms with E-state index in [4.69, 9.17) is 0 Å². The van der Waals surface area contributed by atoms with E-state index in [-0.39, 0.29) is 70.1 Å². The maximum absolute atomic E-state index is 14.9. The van der Waals surface area contributed by atoms with Crippen LogP contribution < -0.4 is 10.4 Å². The van der Waals surface area contributed by atoms with Crippen LogP contribution in [0.2, 0.25) is 0 Å². The number of nitriles is 2. The first-order chi connectivity index (χ1) is 47.1. The topological polar surface area (TPSA) is 57.4 Å². The van der Waals surface area contributed by atoms with Gasteiger partial charge in [0, 0.05) is 51.1 Å². The van der Waals surface area contributed by atoms with Gasteiger partial charge in [0.05, 0.1) is 95.7 Å². The number of benzene rings is 8. The molecule has 0 saturated carbocycles. The molecule has 10 aromatic rings. The van der Waals surface area contributed by atoms with Crippen molar-refractivity contribution in [2.75, 3.05) is 0 Å². The van der Waals surface area contributed by atoms with Gasteiger partial charge in [0.15, 0.2) is 0 Å². The van der Waals surface area contributed by atoms with Gasteiger partial charge < -0.3 is 9.13 Å². The number of hydrogen-bond acceptors (Lipinski definition) is 2. The summed E-state index contributed by atoms with van der Waals surface area (Å²) in [7, 11) is 0. The first-order valence-corrected chi connectivity index (χ1v) is 28.9. The van der Waals surface area contributed by atoms with Crippen molar-refractivity contribution in [2.45, 2.75) is 68.4 Å². The molecule has 0 unspecified atom stereocenters. The predicted molar refractivity (Wildman–Crippen MR) is 318 cm³/mol. The van der Waals surface area contributed by atoms with E-state index < -0.39 is 218 Å². The summed E-state index contributed by atoms with van der Waals surface area (Å²) >= 11 is 0. The Morgan fingerprint density at radius 2 is 0.618 bits per heavy atom. The molecule has 0 N–H and O–H groups in total. The minimum atomic E-state index is -5.51. The normalized spacial score (nSPS) is 16.0. The first-order valence-electron chi connectivity index (χ1n) is 28.9. The van der Waals surface area contributed by atoms with Crippen LogP contribution in [-0.4, -0.2) is 33.8 Å². The second kappa shape index (κ2) is 23.9. The number of rotatable bonds is 5. The summed E-state index contributed by atoms with van der Waals surface area (Å²) in [5.74, 6) is 0. The highest BCUT2D eigenvalue weighted by Gasteiger charge is 2.44. The Kier molecular flexibility index (Phi) is 16.6. The molecule has 0 fully saturated rings. The van der Waals surface area contributed by atoms with Gasteiger partial charge in [0.25, 0.3) is 0 Å². The van der Waals surface area contributed by atoms with Gasteiger partial charge in [-0.3, -0.25) is 0 Å². The average Bonchev–Trinajstić information content (AvgIpc) is 1.55. The Bertz CT molecular complexity index is 5240. The van der Waals surface area contributed by atoms with Gasteiger partial charge in [-0.15, -0.1) is 0 Å². The van der Waals surface area contributed by atoms with Crippen molar-refractivity contribution < 1.29 is 119 Å². The average molecular weight is 1450 g/mol. The molecular formula is C71H31F27N4. The molecule has 0 spiro atoms. The van der Waals surface area contributed by atoms with Crippen LogP contribution in [0.15, 0.2) is 186 Å². The van der Waals surface area contributed by atoms with E-state index >= 15 is 0 Å². The molecule has 0 amide bonds. The maximum Gasteiger partial charge on any atom is 0.416 e. The lowest BCUT2D eigenvalue weighted by molar-refractivity contribution is -0.144. The van der Waals surface area contributed by atoms with E-state index in [0.29, 0.717) is 24.3 Å². The lowest BCUT2D eigenvalue weighted by Crippen LogP contribution is -2.21. The standard InChI is InChI=1S/C71H31F27N4/c72-63(73,74)43-10-32(30-99)9-41(19-43)56-29-62(102-59-22-35(39-15-48(68(87,88)89)27-49(16-39)69(90,91)92)3-7-54(59)55-8-4-36(23-60(55)102)40-17-50(70(93,94)95)28-51(18-40)71(96,97)98)61(24-42(56)31-100)101-57-20-33(37-11-44(64(75,76)77)25-45(12-37)65(78,79)80)1-5-52(57)53-6-2-34(21-58(53)101)38-13-46(66(81,82)83)26-47(14-38)67(84,85)86/h1-11,13,15-29H,12,14H2. The molecule has 4 nitrogen and oxygen atoms in total. The summed E-state index contributed by atoms with van der Waals surface area (Å²) in [4.78, 5) is 0. The van der Waals surface area contributed by atoms with E-state index in [1.807, 2.05) is 0 Å². The minimum Gasteiger partial charge on any atom is -0.307 e. The summed E-state index contributed by atoms with van der Waals surface area (Å²) < 4.78 is 397. The monoisotopic (exact) mass is 1450 g/mol. The van der Waals surface area contributed by atoms with Crippen molar-refractivity contribution in [3.05, 3.63) is 236 Å². The zero-order chi connectivity index (χ0) is 74.5. The zero-order valence-electron chi connectivity index (χ0n) is 50.0. The van der Waals surface area contributed by atoms with Crippen molar-refractivity contribution in [2.24, 2.45) is 0 Å². The fraction of sp³-hybridized carbons (Fsp3) is 0.155. The fourth-order valence-electron chi connectivity index (χ4n) is 12.3. The van der Waals surface area contributed by atoms with Gasteiger partial charge in [0.1, 0.15) is 0 Å². The van der Waals surface area contributed by atoms with Gasteiger partial charge in [0.2, 0.25) is 0 Å². The number of allylic oxidation sites excluding steroid dienone is 8. The van der Waals surface area contributed by atoms with Gasteiger partial charge in [-0.2, -0.15) is 129 Å². The molecule has 31 heteroatoms. The number of fused-ring (bicyclic) bond motifs is 6.